The lowest BCUT2D eigenvalue weighted by atomic mass is 10.1. The summed E-state index contributed by atoms with van der Waals surface area (Å²) in [6, 6.07) is 14.1. The molecule has 1 heterocycles. The van der Waals surface area contributed by atoms with Crippen LogP contribution in [0.3, 0.4) is 0 Å². The second-order valence-electron chi connectivity index (χ2n) is 6.12. The quantitative estimate of drug-likeness (QED) is 0.453. The van der Waals surface area contributed by atoms with Gasteiger partial charge < -0.3 is 5.32 Å². The summed E-state index contributed by atoms with van der Waals surface area (Å²) in [5, 5.41) is 16.5. The molecule has 7 nitrogen and oxygen atoms in total. The maximum atomic E-state index is 12.3. The number of thiazole rings is 1. The number of carbonyl (C=O) groups excluding carboxylic acids is 1. The summed E-state index contributed by atoms with van der Waals surface area (Å²) in [5.74, 6) is -0.103. The predicted octanol–water partition coefficient (Wildman–Crippen LogP) is 4.91. The van der Waals surface area contributed by atoms with Crippen LogP contribution < -0.4 is 10.2 Å². The molecule has 2 aromatic carbocycles. The molecule has 1 amide bonds. The largest absolute Gasteiger partial charge is 0.379 e. The monoisotopic (exact) mass is 396 g/mol. The van der Waals surface area contributed by atoms with Crippen molar-refractivity contribution in [3.05, 3.63) is 75.3 Å². The van der Waals surface area contributed by atoms with Gasteiger partial charge in [-0.05, 0) is 24.1 Å². The molecule has 144 valence electrons. The number of para-hydroxylation sites is 1. The van der Waals surface area contributed by atoms with Gasteiger partial charge in [0.2, 0.25) is 5.91 Å². The fourth-order valence-electron chi connectivity index (χ4n) is 2.84. The van der Waals surface area contributed by atoms with Crippen molar-refractivity contribution in [3.63, 3.8) is 0 Å². The lowest BCUT2D eigenvalue weighted by molar-refractivity contribution is -0.384. The minimum atomic E-state index is -0.429. The van der Waals surface area contributed by atoms with Crippen molar-refractivity contribution in [2.75, 3.05) is 10.2 Å². The van der Waals surface area contributed by atoms with Gasteiger partial charge in [-0.1, -0.05) is 31.2 Å². The van der Waals surface area contributed by atoms with Crippen molar-refractivity contribution < 1.29 is 9.72 Å². The third-order valence-electron chi connectivity index (χ3n) is 4.19. The Morgan fingerprint density at radius 1 is 1.25 bits per heavy atom. The SMILES string of the molecule is CCc1ccccc1N(C(C)=O)c1nc(CNc2cccc([N+](=O)[O-])c2)cs1. The highest BCUT2D eigenvalue weighted by molar-refractivity contribution is 7.14. The lowest BCUT2D eigenvalue weighted by Gasteiger charge is -2.21. The van der Waals surface area contributed by atoms with Crippen LogP contribution in [0, 0.1) is 10.1 Å². The lowest BCUT2D eigenvalue weighted by Crippen LogP contribution is -2.23. The number of aromatic nitrogens is 1. The molecule has 0 aliphatic heterocycles. The molecule has 0 bridgehead atoms. The highest BCUT2D eigenvalue weighted by Gasteiger charge is 2.20. The van der Waals surface area contributed by atoms with Crippen LogP contribution in [0.1, 0.15) is 25.1 Å². The summed E-state index contributed by atoms with van der Waals surface area (Å²) in [4.78, 5) is 29.0. The standard InChI is InChI=1S/C20H20N4O3S/c1-3-15-7-4-5-10-19(15)23(14(2)25)20-22-17(13-28-20)12-21-16-8-6-9-18(11-16)24(26)27/h4-11,13,21H,3,12H2,1-2H3. The van der Waals surface area contributed by atoms with Gasteiger partial charge >= 0.3 is 0 Å². The first kappa shape index (κ1) is 19.5. The van der Waals surface area contributed by atoms with Crippen LogP contribution in [0.25, 0.3) is 0 Å². The summed E-state index contributed by atoms with van der Waals surface area (Å²) in [5.41, 5.74) is 3.34. The summed E-state index contributed by atoms with van der Waals surface area (Å²) in [6.45, 7) is 3.97. The third kappa shape index (κ3) is 4.34. The second kappa shape index (κ2) is 8.62. The van der Waals surface area contributed by atoms with Gasteiger partial charge in [0.1, 0.15) is 0 Å². The number of non-ortho nitro benzene ring substituents is 1. The first-order valence-electron chi connectivity index (χ1n) is 8.81. The summed E-state index contributed by atoms with van der Waals surface area (Å²) in [7, 11) is 0. The van der Waals surface area contributed by atoms with Crippen molar-refractivity contribution in [2.24, 2.45) is 0 Å². The molecular weight excluding hydrogens is 376 g/mol. The van der Waals surface area contributed by atoms with Gasteiger partial charge in [0.05, 0.1) is 22.8 Å². The maximum absolute atomic E-state index is 12.3. The zero-order valence-corrected chi connectivity index (χ0v) is 16.4. The molecule has 0 unspecified atom stereocenters. The molecule has 3 rings (SSSR count). The number of nitrogens with zero attached hydrogens (tertiary/aromatic N) is 3. The van der Waals surface area contributed by atoms with Gasteiger partial charge in [-0.3, -0.25) is 19.8 Å². The first-order chi connectivity index (χ1) is 13.5. The molecule has 28 heavy (non-hydrogen) atoms. The molecule has 0 fully saturated rings. The molecule has 8 heteroatoms. The molecular formula is C20H20N4O3S. The van der Waals surface area contributed by atoms with Crippen LogP contribution in [0.5, 0.6) is 0 Å². The van der Waals surface area contributed by atoms with Crippen LogP contribution in [0.15, 0.2) is 53.9 Å². The van der Waals surface area contributed by atoms with Crippen LogP contribution in [0.2, 0.25) is 0 Å². The number of nitro groups is 1. The highest BCUT2D eigenvalue weighted by atomic mass is 32.1. The van der Waals surface area contributed by atoms with Gasteiger partial charge in [0, 0.05) is 30.1 Å². The average Bonchev–Trinajstić information content (AvgIpc) is 3.15. The van der Waals surface area contributed by atoms with E-state index in [1.807, 2.05) is 36.6 Å². The van der Waals surface area contributed by atoms with Crippen LogP contribution in [-0.4, -0.2) is 15.8 Å². The van der Waals surface area contributed by atoms with E-state index in [2.05, 4.69) is 10.3 Å². The minimum absolute atomic E-state index is 0.0305. The van der Waals surface area contributed by atoms with Crippen LogP contribution in [0.4, 0.5) is 22.2 Å². The molecule has 0 saturated carbocycles. The van der Waals surface area contributed by atoms with E-state index in [0.29, 0.717) is 17.4 Å². The zero-order valence-electron chi connectivity index (χ0n) is 15.6. The molecule has 1 aromatic heterocycles. The van der Waals surface area contributed by atoms with E-state index in [9.17, 15) is 14.9 Å². The molecule has 3 aromatic rings. The summed E-state index contributed by atoms with van der Waals surface area (Å²) in [6.07, 6.45) is 0.812. The van der Waals surface area contributed by atoms with Crippen LogP contribution >= 0.6 is 11.3 Å². The second-order valence-corrected chi connectivity index (χ2v) is 6.96. The molecule has 0 atom stereocenters. The van der Waals surface area contributed by atoms with E-state index >= 15 is 0 Å². The van der Waals surface area contributed by atoms with Crippen molar-refractivity contribution in [3.8, 4) is 0 Å². The number of aryl methyl sites for hydroxylation is 1. The minimum Gasteiger partial charge on any atom is -0.379 e. The molecule has 0 aliphatic carbocycles. The highest BCUT2D eigenvalue weighted by Crippen LogP contribution is 2.32. The van der Waals surface area contributed by atoms with E-state index in [1.54, 1.807) is 17.0 Å². The fraction of sp³-hybridized carbons (Fsp3) is 0.200. The van der Waals surface area contributed by atoms with Crippen LogP contribution in [-0.2, 0) is 17.8 Å². The summed E-state index contributed by atoms with van der Waals surface area (Å²) >= 11 is 1.39. The third-order valence-corrected chi connectivity index (χ3v) is 5.06. The zero-order chi connectivity index (χ0) is 20.1. The van der Waals surface area contributed by atoms with E-state index in [1.165, 1.54) is 30.4 Å². The topological polar surface area (TPSA) is 88.4 Å². The Morgan fingerprint density at radius 2 is 2.04 bits per heavy atom. The smallest absolute Gasteiger partial charge is 0.271 e. The van der Waals surface area contributed by atoms with Gasteiger partial charge in [-0.25, -0.2) is 4.98 Å². The van der Waals surface area contributed by atoms with Gasteiger partial charge in [0.25, 0.3) is 5.69 Å². The number of nitro benzene ring substituents is 1. The van der Waals surface area contributed by atoms with Gasteiger partial charge in [-0.15, -0.1) is 11.3 Å². The average molecular weight is 396 g/mol. The van der Waals surface area contributed by atoms with Gasteiger partial charge in [-0.2, -0.15) is 0 Å². The Kier molecular flexibility index (Phi) is 6.00. The molecule has 0 spiro atoms. The number of carbonyl (C=O) groups is 1. The van der Waals surface area contributed by atoms with E-state index < -0.39 is 4.92 Å². The number of amides is 1. The Labute approximate surface area is 166 Å². The number of benzene rings is 2. The van der Waals surface area contributed by atoms with Crippen molar-refractivity contribution in [1.29, 1.82) is 0 Å². The number of hydrogen-bond acceptors (Lipinski definition) is 6. The van der Waals surface area contributed by atoms with E-state index in [-0.39, 0.29) is 11.6 Å². The van der Waals surface area contributed by atoms with E-state index in [4.69, 9.17) is 0 Å². The van der Waals surface area contributed by atoms with Gasteiger partial charge in [0.15, 0.2) is 5.13 Å². The number of nitrogens with one attached hydrogen (secondary N) is 1. The number of rotatable bonds is 7. The molecule has 0 radical (unpaired) electrons. The van der Waals surface area contributed by atoms with Crippen molar-refractivity contribution in [2.45, 2.75) is 26.8 Å². The number of anilines is 3. The Balaban J connectivity index is 1.79. The maximum Gasteiger partial charge on any atom is 0.271 e. The van der Waals surface area contributed by atoms with Crippen molar-refractivity contribution >= 4 is 39.4 Å². The Morgan fingerprint density at radius 3 is 2.75 bits per heavy atom. The Bertz CT molecular complexity index is 1000. The fourth-order valence-corrected chi connectivity index (χ4v) is 3.72. The first-order valence-corrected chi connectivity index (χ1v) is 9.69. The normalized spacial score (nSPS) is 10.5. The van der Waals surface area contributed by atoms with Crippen molar-refractivity contribution in [1.82, 2.24) is 4.98 Å². The number of hydrogen-bond donors (Lipinski definition) is 1. The predicted molar refractivity (Wildman–Crippen MR) is 111 cm³/mol. The summed E-state index contributed by atoms with van der Waals surface area (Å²) < 4.78 is 0. The van der Waals surface area contributed by atoms with E-state index in [0.717, 1.165) is 23.4 Å². The molecule has 0 saturated heterocycles. The Hall–Kier alpha value is -3.26. The molecule has 0 aliphatic rings. The molecule has 1 N–H and O–H groups in total.